The highest BCUT2D eigenvalue weighted by Crippen LogP contribution is 2.23. The Bertz CT molecular complexity index is 220. The van der Waals surface area contributed by atoms with Crippen molar-refractivity contribution in [1.82, 2.24) is 4.98 Å². The summed E-state index contributed by atoms with van der Waals surface area (Å²) in [5, 5.41) is 0.298. The van der Waals surface area contributed by atoms with E-state index in [0.717, 1.165) is 24.3 Å². The molecule has 0 spiro atoms. The van der Waals surface area contributed by atoms with Crippen molar-refractivity contribution in [1.29, 1.82) is 0 Å². The molecule has 1 heterocycles. The molecule has 1 aliphatic carbocycles. The Hall–Kier alpha value is -0.500. The lowest BCUT2D eigenvalue weighted by atomic mass is 10.0. The van der Waals surface area contributed by atoms with Gasteiger partial charge in [-0.05, 0) is 30.9 Å². The number of nitrogens with zero attached hydrogens (tertiary/aromatic N) is 1. The molecule has 0 amide bonds. The second kappa shape index (κ2) is 2.27. The highest BCUT2D eigenvalue weighted by atomic mass is 35.5. The third-order valence-corrected chi connectivity index (χ3v) is 1.98. The molecule has 10 heavy (non-hydrogen) atoms. The number of rotatable bonds is 0. The molecular weight excluding hydrogens is 150 g/mol. The van der Waals surface area contributed by atoms with E-state index in [2.05, 4.69) is 4.98 Å². The molecule has 0 N–H and O–H groups in total. The second-order valence-electron chi connectivity index (χ2n) is 2.54. The van der Waals surface area contributed by atoms with Crippen molar-refractivity contribution in [2.24, 2.45) is 0 Å². The molecule has 3 heteroatoms. The van der Waals surface area contributed by atoms with Crippen LogP contribution >= 0.6 is 11.6 Å². The third-order valence-electron chi connectivity index (χ3n) is 1.82. The standard InChI is InChI=1S/C7H8ClNO/c8-7-9-5-3-1-2-4-6(5)10-7/h1-4H2. The molecule has 0 atom stereocenters. The minimum absolute atomic E-state index is 0.298. The zero-order chi connectivity index (χ0) is 6.97. The maximum Gasteiger partial charge on any atom is 0.292 e. The van der Waals surface area contributed by atoms with Crippen LogP contribution in [0.15, 0.2) is 4.42 Å². The van der Waals surface area contributed by atoms with Crippen LogP contribution in [0.2, 0.25) is 5.35 Å². The van der Waals surface area contributed by atoms with E-state index in [1.165, 1.54) is 12.8 Å². The molecule has 0 bridgehead atoms. The number of hydrogen-bond acceptors (Lipinski definition) is 2. The lowest BCUT2D eigenvalue weighted by molar-refractivity contribution is 0.478. The van der Waals surface area contributed by atoms with Crippen molar-refractivity contribution in [3.63, 3.8) is 0 Å². The van der Waals surface area contributed by atoms with Gasteiger partial charge in [0.25, 0.3) is 5.35 Å². The first-order chi connectivity index (χ1) is 4.86. The molecule has 1 aromatic rings. The number of halogens is 1. The van der Waals surface area contributed by atoms with Crippen molar-refractivity contribution in [2.45, 2.75) is 25.7 Å². The summed E-state index contributed by atoms with van der Waals surface area (Å²) in [6.45, 7) is 0. The van der Waals surface area contributed by atoms with E-state index in [1.54, 1.807) is 0 Å². The quantitative estimate of drug-likeness (QED) is 0.577. The summed E-state index contributed by atoms with van der Waals surface area (Å²) in [6.07, 6.45) is 4.47. The Balaban J connectivity index is 2.41. The summed E-state index contributed by atoms with van der Waals surface area (Å²) in [7, 11) is 0. The highest BCUT2D eigenvalue weighted by Gasteiger charge is 2.15. The van der Waals surface area contributed by atoms with Crippen molar-refractivity contribution in [3.8, 4) is 0 Å². The van der Waals surface area contributed by atoms with Crippen molar-refractivity contribution >= 4 is 11.6 Å². The number of hydrogen-bond donors (Lipinski definition) is 0. The topological polar surface area (TPSA) is 26.0 Å². The number of oxazole rings is 1. The van der Waals surface area contributed by atoms with Gasteiger partial charge in [0, 0.05) is 6.42 Å². The monoisotopic (exact) mass is 157 g/mol. The van der Waals surface area contributed by atoms with Crippen LogP contribution < -0.4 is 0 Å². The van der Waals surface area contributed by atoms with Gasteiger partial charge >= 0.3 is 0 Å². The van der Waals surface area contributed by atoms with Crippen molar-refractivity contribution < 1.29 is 4.42 Å². The van der Waals surface area contributed by atoms with Gasteiger partial charge in [-0.3, -0.25) is 0 Å². The normalized spacial score (nSPS) is 16.9. The van der Waals surface area contributed by atoms with Gasteiger partial charge in [0.05, 0.1) is 5.69 Å². The smallest absolute Gasteiger partial charge is 0.292 e. The van der Waals surface area contributed by atoms with Gasteiger partial charge in [0.1, 0.15) is 5.76 Å². The largest absolute Gasteiger partial charge is 0.432 e. The zero-order valence-electron chi connectivity index (χ0n) is 5.56. The first-order valence-electron chi connectivity index (χ1n) is 3.50. The summed E-state index contributed by atoms with van der Waals surface area (Å²) in [4.78, 5) is 4.05. The summed E-state index contributed by atoms with van der Waals surface area (Å²) >= 11 is 5.57. The summed E-state index contributed by atoms with van der Waals surface area (Å²) in [5.41, 5.74) is 1.07. The van der Waals surface area contributed by atoms with E-state index in [9.17, 15) is 0 Å². The molecule has 0 aliphatic heterocycles. The van der Waals surface area contributed by atoms with Gasteiger partial charge < -0.3 is 4.42 Å². The predicted octanol–water partition coefficient (Wildman–Crippen LogP) is 2.21. The van der Waals surface area contributed by atoms with Crippen LogP contribution in [-0.2, 0) is 12.8 Å². The number of aromatic nitrogens is 1. The summed E-state index contributed by atoms with van der Waals surface area (Å²) in [5.74, 6) is 0.997. The molecule has 0 radical (unpaired) electrons. The molecule has 54 valence electrons. The van der Waals surface area contributed by atoms with Gasteiger partial charge in [0.2, 0.25) is 0 Å². The van der Waals surface area contributed by atoms with Crippen molar-refractivity contribution in [3.05, 3.63) is 16.8 Å². The first kappa shape index (κ1) is 6.23. The third kappa shape index (κ3) is 0.926. The fraction of sp³-hybridized carbons (Fsp3) is 0.571. The molecule has 0 saturated heterocycles. The Morgan fingerprint density at radius 2 is 2.10 bits per heavy atom. The van der Waals surface area contributed by atoms with E-state index in [-0.39, 0.29) is 0 Å². The highest BCUT2D eigenvalue weighted by molar-refractivity contribution is 6.27. The molecule has 0 saturated carbocycles. The lowest BCUT2D eigenvalue weighted by Crippen LogP contribution is -1.99. The van der Waals surface area contributed by atoms with Crippen molar-refractivity contribution in [2.75, 3.05) is 0 Å². The Kier molecular flexibility index (Phi) is 1.42. The Labute approximate surface area is 64.2 Å². The minimum atomic E-state index is 0.298. The van der Waals surface area contributed by atoms with E-state index in [1.807, 2.05) is 0 Å². The number of fused-ring (bicyclic) bond motifs is 1. The SMILES string of the molecule is Clc1nc2c(o1)CCCC2. The average molecular weight is 158 g/mol. The molecule has 0 aromatic carbocycles. The average Bonchev–Trinajstić information content (AvgIpc) is 2.27. The van der Waals surface area contributed by atoms with Gasteiger partial charge in [-0.2, -0.15) is 0 Å². The Morgan fingerprint density at radius 3 is 2.90 bits per heavy atom. The maximum absolute atomic E-state index is 5.57. The van der Waals surface area contributed by atoms with Crippen LogP contribution in [-0.4, -0.2) is 4.98 Å². The van der Waals surface area contributed by atoms with Crippen LogP contribution in [0.3, 0.4) is 0 Å². The van der Waals surface area contributed by atoms with Crippen LogP contribution in [0, 0.1) is 0 Å². The van der Waals surface area contributed by atoms with E-state index < -0.39 is 0 Å². The van der Waals surface area contributed by atoms with Crippen LogP contribution in [0.5, 0.6) is 0 Å². The fourth-order valence-electron chi connectivity index (χ4n) is 1.32. The van der Waals surface area contributed by atoms with E-state index in [4.69, 9.17) is 16.0 Å². The Morgan fingerprint density at radius 1 is 1.30 bits per heavy atom. The second-order valence-corrected chi connectivity index (χ2v) is 2.87. The molecular formula is C7H8ClNO. The molecule has 2 rings (SSSR count). The minimum Gasteiger partial charge on any atom is -0.432 e. The van der Waals surface area contributed by atoms with Gasteiger partial charge in [0.15, 0.2) is 0 Å². The zero-order valence-corrected chi connectivity index (χ0v) is 6.32. The van der Waals surface area contributed by atoms with E-state index in [0.29, 0.717) is 5.35 Å². The van der Waals surface area contributed by atoms with Crippen LogP contribution in [0.4, 0.5) is 0 Å². The molecule has 2 nitrogen and oxygen atoms in total. The van der Waals surface area contributed by atoms with Gasteiger partial charge in [-0.25, -0.2) is 4.98 Å². The molecule has 1 aliphatic rings. The first-order valence-corrected chi connectivity index (χ1v) is 3.88. The van der Waals surface area contributed by atoms with Crippen LogP contribution in [0.1, 0.15) is 24.3 Å². The van der Waals surface area contributed by atoms with Gasteiger partial charge in [-0.15, -0.1) is 0 Å². The number of aryl methyl sites for hydroxylation is 2. The molecule has 0 unspecified atom stereocenters. The van der Waals surface area contributed by atoms with E-state index >= 15 is 0 Å². The lowest BCUT2D eigenvalue weighted by Gasteiger charge is -2.05. The molecule has 0 fully saturated rings. The van der Waals surface area contributed by atoms with Crippen LogP contribution in [0.25, 0.3) is 0 Å². The van der Waals surface area contributed by atoms with Gasteiger partial charge in [-0.1, -0.05) is 0 Å². The maximum atomic E-state index is 5.57. The molecule has 1 aromatic heterocycles. The fourth-order valence-corrected chi connectivity index (χ4v) is 1.52. The summed E-state index contributed by atoms with van der Waals surface area (Å²) in [6, 6.07) is 0. The predicted molar refractivity (Wildman–Crippen MR) is 38.2 cm³/mol. The summed E-state index contributed by atoms with van der Waals surface area (Å²) < 4.78 is 5.16.